The highest BCUT2D eigenvalue weighted by Crippen LogP contribution is 2.25. The van der Waals surface area contributed by atoms with Gasteiger partial charge in [-0.15, -0.1) is 0 Å². The Balaban J connectivity index is 2.23. The first-order valence-electron chi connectivity index (χ1n) is 8.40. The van der Waals surface area contributed by atoms with Crippen molar-refractivity contribution in [3.05, 3.63) is 53.1 Å². The molecule has 1 aromatic heterocycles. The van der Waals surface area contributed by atoms with Gasteiger partial charge in [-0.05, 0) is 6.07 Å². The summed E-state index contributed by atoms with van der Waals surface area (Å²) in [6.07, 6.45) is -0.540. The maximum absolute atomic E-state index is 12.0. The van der Waals surface area contributed by atoms with E-state index in [-0.39, 0.29) is 18.3 Å². The molecule has 0 fully saturated rings. The lowest BCUT2D eigenvalue weighted by molar-refractivity contribution is -0.0456. The van der Waals surface area contributed by atoms with Crippen LogP contribution in [0.5, 0.6) is 0 Å². The highest BCUT2D eigenvalue weighted by Gasteiger charge is 2.38. The molecule has 6 N–H and O–H groups in total. The number of nitrogens with zero attached hydrogens (tertiary/aromatic N) is 2. The van der Waals surface area contributed by atoms with Gasteiger partial charge in [0, 0.05) is 30.1 Å². The summed E-state index contributed by atoms with van der Waals surface area (Å²) in [6.45, 7) is 3.27. The third-order valence-electron chi connectivity index (χ3n) is 4.37. The number of rotatable bonds is 8. The van der Waals surface area contributed by atoms with E-state index in [4.69, 9.17) is 15.4 Å². The highest BCUT2D eigenvalue weighted by molar-refractivity contribution is 6.60. The smallest absolute Gasteiger partial charge is 0.522 e. The Morgan fingerprint density at radius 2 is 1.96 bits per heavy atom. The summed E-state index contributed by atoms with van der Waals surface area (Å²) >= 11 is 0. The maximum atomic E-state index is 12.0. The molecule has 0 aliphatic carbocycles. The van der Waals surface area contributed by atoms with Crippen LogP contribution in [0, 0.1) is 11.8 Å². The van der Waals surface area contributed by atoms with Crippen LogP contribution in [0.3, 0.4) is 0 Å². The average molecular weight is 362 g/mol. The molecule has 0 bridgehead atoms. The van der Waals surface area contributed by atoms with E-state index in [1.54, 1.807) is 26.0 Å². The van der Waals surface area contributed by atoms with Crippen molar-refractivity contribution < 1.29 is 19.9 Å². The third kappa shape index (κ3) is 4.70. The average Bonchev–Trinajstić information content (AvgIpc) is 2.65. The standard InChI is InChI=1S/C17H24BN3O5/c1-11(10-22)15(26-18(25)13-6-4-3-5-7-13)12(2)16(23)21-9-8-14(19)20-17(21)24/h3-9,11-12,15-16,22-23,25H,10H2,1-2H3,(H2,19,20,24)/p+1/t11-,12?,15?,16?/m1/s1. The maximum Gasteiger partial charge on any atom is 0.730 e. The minimum atomic E-state index is -1.24. The number of hydrogen-bond donors (Lipinski definition) is 3. The molecule has 3 unspecified atom stereocenters. The third-order valence-corrected chi connectivity index (χ3v) is 4.37. The predicted octanol–water partition coefficient (Wildman–Crippen LogP) is -0.914. The second-order valence-corrected chi connectivity index (χ2v) is 6.37. The SMILES string of the molecule is CC(C(OB([OH2+])c1ccccc1)[C@H](C)CO)C(O)n1ccc(N)nc1=O. The Kier molecular flexibility index (Phi) is 6.93. The lowest BCUT2D eigenvalue weighted by Gasteiger charge is -2.32. The van der Waals surface area contributed by atoms with Crippen LogP contribution in [0.4, 0.5) is 5.82 Å². The summed E-state index contributed by atoms with van der Waals surface area (Å²) in [5.41, 5.74) is 5.46. The normalized spacial score (nSPS) is 15.9. The lowest BCUT2D eigenvalue weighted by Crippen LogP contribution is -2.45. The number of hydrogen-bond acceptors (Lipinski definition) is 6. The Morgan fingerprint density at radius 3 is 2.54 bits per heavy atom. The molecule has 0 saturated heterocycles. The molecule has 0 radical (unpaired) electrons. The number of aliphatic hydroxyl groups is 2. The van der Waals surface area contributed by atoms with Crippen LogP contribution < -0.4 is 16.9 Å². The van der Waals surface area contributed by atoms with Crippen LogP contribution in [-0.2, 0) is 4.65 Å². The van der Waals surface area contributed by atoms with Gasteiger partial charge in [0.25, 0.3) is 0 Å². The number of aliphatic hydroxyl groups excluding tert-OH is 2. The molecule has 2 aromatic rings. The van der Waals surface area contributed by atoms with E-state index < -0.39 is 31.1 Å². The fourth-order valence-electron chi connectivity index (χ4n) is 2.79. The summed E-state index contributed by atoms with van der Waals surface area (Å²) in [5.74, 6) is -0.872. The van der Waals surface area contributed by atoms with Gasteiger partial charge < -0.3 is 25.6 Å². The molecule has 4 atom stereocenters. The molecule has 1 aromatic carbocycles. The highest BCUT2D eigenvalue weighted by atomic mass is 16.5. The Bertz CT molecular complexity index is 758. The first-order chi connectivity index (χ1) is 12.3. The number of nitrogen functional groups attached to an aromatic ring is 1. The zero-order valence-corrected chi connectivity index (χ0v) is 14.8. The van der Waals surface area contributed by atoms with Gasteiger partial charge in [0.15, 0.2) is 0 Å². The molecule has 1 heterocycles. The zero-order valence-electron chi connectivity index (χ0n) is 14.8. The molecular weight excluding hydrogens is 337 g/mol. The van der Waals surface area contributed by atoms with E-state index in [0.29, 0.717) is 5.46 Å². The first kappa shape index (κ1) is 20.1. The van der Waals surface area contributed by atoms with Gasteiger partial charge in [-0.1, -0.05) is 44.2 Å². The molecule has 0 saturated carbocycles. The van der Waals surface area contributed by atoms with Gasteiger partial charge in [0.2, 0.25) is 0 Å². The first-order valence-corrected chi connectivity index (χ1v) is 8.40. The van der Waals surface area contributed by atoms with Crippen LogP contribution >= 0.6 is 0 Å². The number of nitrogens with two attached hydrogens (primary N) is 1. The van der Waals surface area contributed by atoms with Crippen molar-refractivity contribution in [2.24, 2.45) is 11.8 Å². The Labute approximate surface area is 152 Å². The van der Waals surface area contributed by atoms with E-state index >= 15 is 0 Å². The molecule has 9 heteroatoms. The van der Waals surface area contributed by atoms with E-state index in [9.17, 15) is 15.0 Å². The van der Waals surface area contributed by atoms with Crippen molar-refractivity contribution in [2.75, 3.05) is 12.3 Å². The van der Waals surface area contributed by atoms with Gasteiger partial charge in [0.1, 0.15) is 12.0 Å². The Hall–Kier alpha value is -2.20. The van der Waals surface area contributed by atoms with Crippen LogP contribution in [0.25, 0.3) is 0 Å². The van der Waals surface area contributed by atoms with Crippen LogP contribution in [0.2, 0.25) is 0 Å². The van der Waals surface area contributed by atoms with Crippen LogP contribution in [0.1, 0.15) is 20.1 Å². The fourth-order valence-corrected chi connectivity index (χ4v) is 2.79. The minimum absolute atomic E-state index is 0.0675. The fraction of sp³-hybridized carbons (Fsp3) is 0.412. The molecule has 0 aliphatic heterocycles. The van der Waals surface area contributed by atoms with Crippen molar-refractivity contribution in [3.8, 4) is 0 Å². The van der Waals surface area contributed by atoms with Crippen molar-refractivity contribution in [2.45, 2.75) is 26.2 Å². The zero-order chi connectivity index (χ0) is 19.3. The largest absolute Gasteiger partial charge is 0.730 e. The van der Waals surface area contributed by atoms with Crippen molar-refractivity contribution >= 4 is 18.4 Å². The van der Waals surface area contributed by atoms with Crippen molar-refractivity contribution in [1.82, 2.24) is 9.55 Å². The summed E-state index contributed by atoms with van der Waals surface area (Å²) in [7, 11) is -0.980. The van der Waals surface area contributed by atoms with E-state index in [2.05, 4.69) is 4.98 Å². The monoisotopic (exact) mass is 362 g/mol. The number of benzene rings is 1. The van der Waals surface area contributed by atoms with Gasteiger partial charge in [-0.25, -0.2) is 4.79 Å². The summed E-state index contributed by atoms with van der Waals surface area (Å²) < 4.78 is 6.90. The molecule has 0 aliphatic rings. The van der Waals surface area contributed by atoms with Crippen molar-refractivity contribution in [1.29, 1.82) is 0 Å². The van der Waals surface area contributed by atoms with Gasteiger partial charge in [0.05, 0.1) is 6.10 Å². The molecule has 2 rings (SSSR count). The van der Waals surface area contributed by atoms with Crippen LogP contribution in [0.15, 0.2) is 47.4 Å². The second kappa shape index (κ2) is 8.95. The molecular formula is C17H25BN3O5+. The quantitative estimate of drug-likeness (QED) is 0.411. The topological polar surface area (TPSA) is 134 Å². The summed E-state index contributed by atoms with van der Waals surface area (Å²) in [4.78, 5) is 15.6. The van der Waals surface area contributed by atoms with E-state index in [1.165, 1.54) is 12.3 Å². The molecule has 140 valence electrons. The summed E-state index contributed by atoms with van der Waals surface area (Å²) in [6, 6.07) is 10.4. The van der Waals surface area contributed by atoms with Crippen molar-refractivity contribution in [3.63, 3.8) is 0 Å². The summed E-state index contributed by atoms with van der Waals surface area (Å²) in [5, 5.41) is 28.4. The molecule has 26 heavy (non-hydrogen) atoms. The molecule has 0 spiro atoms. The molecule has 8 nitrogen and oxygen atoms in total. The van der Waals surface area contributed by atoms with E-state index in [1.807, 2.05) is 18.2 Å². The van der Waals surface area contributed by atoms with Gasteiger partial charge in [-0.2, -0.15) is 4.98 Å². The van der Waals surface area contributed by atoms with Crippen LogP contribution in [-0.4, -0.2) is 44.6 Å². The van der Waals surface area contributed by atoms with Gasteiger partial charge in [-0.3, -0.25) is 4.57 Å². The Morgan fingerprint density at radius 1 is 1.31 bits per heavy atom. The number of aromatic nitrogens is 2. The molecule has 0 amide bonds. The second-order valence-electron chi connectivity index (χ2n) is 6.37. The minimum Gasteiger partial charge on any atom is -0.522 e. The van der Waals surface area contributed by atoms with Gasteiger partial charge >= 0.3 is 12.8 Å². The number of anilines is 1. The predicted molar refractivity (Wildman–Crippen MR) is 99.9 cm³/mol. The lowest BCUT2D eigenvalue weighted by atomic mass is 9.78. The van der Waals surface area contributed by atoms with E-state index in [0.717, 1.165) is 4.57 Å².